The molecule has 0 bridgehead atoms. The van der Waals surface area contributed by atoms with Crippen molar-refractivity contribution in [1.29, 1.82) is 0 Å². The van der Waals surface area contributed by atoms with Crippen molar-refractivity contribution < 1.29 is 9.90 Å². The van der Waals surface area contributed by atoms with Crippen LogP contribution in [0.5, 0.6) is 0 Å². The van der Waals surface area contributed by atoms with Crippen LogP contribution in [-0.4, -0.2) is 37.9 Å². The molecule has 1 fully saturated rings. The minimum Gasteiger partial charge on any atom is -0.481 e. The number of rotatable bonds is 4. The van der Waals surface area contributed by atoms with E-state index in [4.69, 9.17) is 16.7 Å². The molecule has 1 aliphatic rings. The molecule has 21 heavy (non-hydrogen) atoms. The summed E-state index contributed by atoms with van der Waals surface area (Å²) >= 11 is 9.27. The van der Waals surface area contributed by atoms with Crippen LogP contribution >= 0.6 is 35.1 Å². The summed E-state index contributed by atoms with van der Waals surface area (Å²) in [6, 6.07) is 6.07. The fourth-order valence-electron chi connectivity index (χ4n) is 2.56. The van der Waals surface area contributed by atoms with Gasteiger partial charge in [0.15, 0.2) is 5.16 Å². The van der Waals surface area contributed by atoms with Crippen molar-refractivity contribution >= 4 is 52.1 Å². The summed E-state index contributed by atoms with van der Waals surface area (Å²) in [6.07, 6.45) is 2.30. The van der Waals surface area contributed by atoms with Crippen LogP contribution < -0.4 is 0 Å². The molecule has 1 saturated heterocycles. The Balaban J connectivity index is 2.03. The SMILES string of the molecule is O=C(O)CSc1nc2cc(Cl)ccc2n1C1CCCSC1. The summed E-state index contributed by atoms with van der Waals surface area (Å²) in [6.45, 7) is 0. The molecule has 1 aromatic carbocycles. The lowest BCUT2D eigenvalue weighted by atomic mass is 10.2. The predicted octanol–water partition coefficient (Wildman–Crippen LogP) is 3.93. The molecule has 7 heteroatoms. The Hall–Kier alpha value is -0.850. The van der Waals surface area contributed by atoms with Gasteiger partial charge in [-0.25, -0.2) is 4.98 Å². The Morgan fingerprint density at radius 1 is 1.57 bits per heavy atom. The van der Waals surface area contributed by atoms with Gasteiger partial charge in [0.2, 0.25) is 0 Å². The van der Waals surface area contributed by atoms with Gasteiger partial charge < -0.3 is 9.67 Å². The zero-order valence-corrected chi connectivity index (χ0v) is 13.7. The molecular formula is C14H15ClN2O2S2. The zero-order chi connectivity index (χ0) is 14.8. The summed E-state index contributed by atoms with van der Waals surface area (Å²) in [5.41, 5.74) is 1.88. The summed E-state index contributed by atoms with van der Waals surface area (Å²) < 4.78 is 2.20. The van der Waals surface area contributed by atoms with Gasteiger partial charge in [-0.1, -0.05) is 23.4 Å². The van der Waals surface area contributed by atoms with Gasteiger partial charge >= 0.3 is 5.97 Å². The number of nitrogens with zero attached hydrogens (tertiary/aromatic N) is 2. The van der Waals surface area contributed by atoms with Gasteiger partial charge in [-0.3, -0.25) is 4.79 Å². The zero-order valence-electron chi connectivity index (χ0n) is 11.3. The Morgan fingerprint density at radius 2 is 2.43 bits per heavy atom. The second-order valence-corrected chi connectivity index (χ2v) is 7.48. The molecule has 2 heterocycles. The van der Waals surface area contributed by atoms with Crippen molar-refractivity contribution in [3.8, 4) is 0 Å². The molecule has 1 aliphatic heterocycles. The Bertz CT molecular complexity index is 668. The van der Waals surface area contributed by atoms with E-state index in [0.717, 1.165) is 28.4 Å². The van der Waals surface area contributed by atoms with Crippen LogP contribution in [0.15, 0.2) is 23.4 Å². The van der Waals surface area contributed by atoms with Crippen molar-refractivity contribution in [1.82, 2.24) is 9.55 Å². The quantitative estimate of drug-likeness (QED) is 0.853. The third kappa shape index (κ3) is 3.33. The van der Waals surface area contributed by atoms with E-state index < -0.39 is 5.97 Å². The monoisotopic (exact) mass is 342 g/mol. The number of carbonyl (C=O) groups is 1. The number of aliphatic carboxylic acids is 1. The van der Waals surface area contributed by atoms with Crippen molar-refractivity contribution in [3.63, 3.8) is 0 Å². The summed E-state index contributed by atoms with van der Waals surface area (Å²) in [5, 5.41) is 10.3. The van der Waals surface area contributed by atoms with E-state index in [1.807, 2.05) is 30.0 Å². The lowest BCUT2D eigenvalue weighted by Gasteiger charge is -2.24. The van der Waals surface area contributed by atoms with Crippen molar-refractivity contribution in [2.24, 2.45) is 0 Å². The first-order valence-corrected chi connectivity index (χ1v) is 9.27. The topological polar surface area (TPSA) is 55.1 Å². The first-order chi connectivity index (χ1) is 10.1. The maximum atomic E-state index is 10.8. The van der Waals surface area contributed by atoms with E-state index in [9.17, 15) is 4.79 Å². The average Bonchev–Trinajstić information content (AvgIpc) is 2.83. The van der Waals surface area contributed by atoms with Gasteiger partial charge in [0.05, 0.1) is 16.8 Å². The van der Waals surface area contributed by atoms with Gasteiger partial charge in [-0.15, -0.1) is 0 Å². The van der Waals surface area contributed by atoms with Gasteiger partial charge in [-0.05, 0) is 36.8 Å². The number of halogens is 1. The molecule has 1 atom stereocenters. The summed E-state index contributed by atoms with van der Waals surface area (Å²) in [4.78, 5) is 15.4. The first-order valence-electron chi connectivity index (χ1n) is 6.75. The number of thioether (sulfide) groups is 2. The molecule has 112 valence electrons. The summed E-state index contributed by atoms with van der Waals surface area (Å²) in [7, 11) is 0. The molecule has 2 aromatic rings. The Labute approximate surface area is 136 Å². The number of hydrogen-bond acceptors (Lipinski definition) is 4. The highest BCUT2D eigenvalue weighted by atomic mass is 35.5. The number of imidazole rings is 1. The molecule has 4 nitrogen and oxygen atoms in total. The Morgan fingerprint density at radius 3 is 3.14 bits per heavy atom. The number of hydrogen-bond donors (Lipinski definition) is 1. The van der Waals surface area contributed by atoms with Crippen LogP contribution in [0.4, 0.5) is 0 Å². The second-order valence-electron chi connectivity index (χ2n) is 4.95. The number of aromatic nitrogens is 2. The smallest absolute Gasteiger partial charge is 0.313 e. The number of fused-ring (bicyclic) bond motifs is 1. The minimum atomic E-state index is -0.824. The van der Waals surface area contributed by atoms with Gasteiger partial charge in [-0.2, -0.15) is 11.8 Å². The van der Waals surface area contributed by atoms with Crippen molar-refractivity contribution in [3.05, 3.63) is 23.2 Å². The fraction of sp³-hybridized carbons (Fsp3) is 0.429. The van der Waals surface area contributed by atoms with E-state index in [1.54, 1.807) is 0 Å². The van der Waals surface area contributed by atoms with Crippen LogP contribution in [0, 0.1) is 0 Å². The lowest BCUT2D eigenvalue weighted by Crippen LogP contribution is -2.17. The van der Waals surface area contributed by atoms with E-state index in [1.165, 1.54) is 23.9 Å². The van der Waals surface area contributed by atoms with Crippen LogP contribution in [0.25, 0.3) is 11.0 Å². The standard InChI is InChI=1S/C14H15ClN2O2S2/c15-9-3-4-12-11(6-9)16-14(21-8-13(18)19)17(12)10-2-1-5-20-7-10/h3-4,6,10H,1-2,5,7-8H2,(H,18,19). The fourth-order valence-corrected chi connectivity index (χ4v) is 4.65. The molecule has 0 amide bonds. The summed E-state index contributed by atoms with van der Waals surface area (Å²) in [5.74, 6) is 1.45. The number of carboxylic acids is 1. The number of carboxylic acid groups (broad SMARTS) is 1. The average molecular weight is 343 g/mol. The van der Waals surface area contributed by atoms with Gasteiger partial charge in [0, 0.05) is 16.8 Å². The highest BCUT2D eigenvalue weighted by Gasteiger charge is 2.22. The van der Waals surface area contributed by atoms with Gasteiger partial charge in [0.25, 0.3) is 0 Å². The number of benzene rings is 1. The maximum Gasteiger partial charge on any atom is 0.313 e. The van der Waals surface area contributed by atoms with Crippen molar-refractivity contribution in [2.45, 2.75) is 24.0 Å². The second kappa shape index (κ2) is 6.50. The lowest BCUT2D eigenvalue weighted by molar-refractivity contribution is -0.133. The van der Waals surface area contributed by atoms with Crippen LogP contribution in [0.2, 0.25) is 5.02 Å². The molecule has 0 spiro atoms. The highest BCUT2D eigenvalue weighted by molar-refractivity contribution is 8.00. The molecule has 0 aliphatic carbocycles. The van der Waals surface area contributed by atoms with E-state index in [0.29, 0.717) is 11.1 Å². The predicted molar refractivity (Wildman–Crippen MR) is 88.7 cm³/mol. The van der Waals surface area contributed by atoms with E-state index >= 15 is 0 Å². The molecule has 1 unspecified atom stereocenters. The maximum absolute atomic E-state index is 10.8. The third-order valence-corrected chi connectivity index (χ3v) is 5.82. The molecule has 0 radical (unpaired) electrons. The molecule has 1 aromatic heterocycles. The van der Waals surface area contributed by atoms with Crippen LogP contribution in [0.3, 0.4) is 0 Å². The van der Waals surface area contributed by atoms with Crippen LogP contribution in [-0.2, 0) is 4.79 Å². The van der Waals surface area contributed by atoms with Gasteiger partial charge in [0.1, 0.15) is 0 Å². The highest BCUT2D eigenvalue weighted by Crippen LogP contribution is 2.35. The van der Waals surface area contributed by atoms with E-state index in [2.05, 4.69) is 9.55 Å². The van der Waals surface area contributed by atoms with E-state index in [-0.39, 0.29) is 5.75 Å². The third-order valence-electron chi connectivity index (χ3n) is 3.45. The minimum absolute atomic E-state index is 0.0247. The molecule has 1 N–H and O–H groups in total. The first kappa shape index (κ1) is 15.1. The normalized spacial score (nSPS) is 19.0. The molecular weight excluding hydrogens is 328 g/mol. The van der Waals surface area contributed by atoms with Crippen LogP contribution in [0.1, 0.15) is 18.9 Å². The molecule has 3 rings (SSSR count). The van der Waals surface area contributed by atoms with Crippen molar-refractivity contribution in [2.75, 3.05) is 17.3 Å². The largest absolute Gasteiger partial charge is 0.481 e. The molecule has 0 saturated carbocycles. The Kier molecular flexibility index (Phi) is 4.66.